The van der Waals surface area contributed by atoms with Gasteiger partial charge in [0.1, 0.15) is 0 Å². The molecule has 0 aromatic carbocycles. The Bertz CT molecular complexity index is 377. The zero-order valence-corrected chi connectivity index (χ0v) is 10.1. The SMILES string of the molecule is CCn1cc(C2(CN)CCC(F)(F)CC2)cn1. The molecule has 0 unspecified atom stereocenters. The van der Waals surface area contributed by atoms with Crippen molar-refractivity contribution < 1.29 is 8.78 Å². The van der Waals surface area contributed by atoms with E-state index in [0.717, 1.165) is 12.1 Å². The maximum Gasteiger partial charge on any atom is 0.248 e. The van der Waals surface area contributed by atoms with E-state index in [4.69, 9.17) is 5.73 Å². The summed E-state index contributed by atoms with van der Waals surface area (Å²) in [5.74, 6) is -2.51. The van der Waals surface area contributed by atoms with Gasteiger partial charge in [0.2, 0.25) is 5.92 Å². The lowest BCUT2D eigenvalue weighted by atomic mass is 9.69. The van der Waals surface area contributed by atoms with Crippen LogP contribution in [0.5, 0.6) is 0 Å². The molecular weight excluding hydrogens is 224 g/mol. The average molecular weight is 243 g/mol. The molecule has 2 rings (SSSR count). The maximum atomic E-state index is 13.2. The fourth-order valence-electron chi connectivity index (χ4n) is 2.52. The van der Waals surface area contributed by atoms with Crippen LogP contribution in [0, 0.1) is 0 Å². The average Bonchev–Trinajstić information content (AvgIpc) is 2.79. The minimum Gasteiger partial charge on any atom is -0.330 e. The molecule has 0 bridgehead atoms. The van der Waals surface area contributed by atoms with Gasteiger partial charge in [-0.05, 0) is 25.3 Å². The summed E-state index contributed by atoms with van der Waals surface area (Å²) in [6, 6.07) is 0. The Labute approximate surface area is 100.0 Å². The lowest BCUT2D eigenvalue weighted by molar-refractivity contribution is -0.0509. The van der Waals surface area contributed by atoms with Gasteiger partial charge in [-0.25, -0.2) is 8.78 Å². The van der Waals surface area contributed by atoms with Crippen molar-refractivity contribution in [3.8, 4) is 0 Å². The number of aromatic nitrogens is 2. The van der Waals surface area contributed by atoms with Gasteiger partial charge in [0.25, 0.3) is 0 Å². The monoisotopic (exact) mass is 243 g/mol. The lowest BCUT2D eigenvalue weighted by Crippen LogP contribution is -2.41. The van der Waals surface area contributed by atoms with Crippen molar-refractivity contribution in [2.24, 2.45) is 5.73 Å². The third-order valence-corrected chi connectivity index (χ3v) is 3.90. The van der Waals surface area contributed by atoms with E-state index in [1.54, 1.807) is 6.20 Å². The van der Waals surface area contributed by atoms with Crippen LogP contribution in [0.4, 0.5) is 8.78 Å². The highest BCUT2D eigenvalue weighted by atomic mass is 19.3. The van der Waals surface area contributed by atoms with E-state index in [0.29, 0.717) is 19.4 Å². The fourth-order valence-corrected chi connectivity index (χ4v) is 2.52. The van der Waals surface area contributed by atoms with Crippen molar-refractivity contribution in [3.05, 3.63) is 18.0 Å². The van der Waals surface area contributed by atoms with E-state index in [1.807, 2.05) is 17.8 Å². The summed E-state index contributed by atoms with van der Waals surface area (Å²) in [5, 5.41) is 4.21. The first kappa shape index (κ1) is 12.5. The van der Waals surface area contributed by atoms with Gasteiger partial charge in [0.15, 0.2) is 0 Å². The van der Waals surface area contributed by atoms with Crippen molar-refractivity contribution >= 4 is 0 Å². The van der Waals surface area contributed by atoms with Gasteiger partial charge < -0.3 is 5.73 Å². The highest BCUT2D eigenvalue weighted by molar-refractivity contribution is 5.22. The van der Waals surface area contributed by atoms with Crippen LogP contribution in [0.3, 0.4) is 0 Å². The maximum absolute atomic E-state index is 13.2. The van der Waals surface area contributed by atoms with Crippen molar-refractivity contribution in [1.29, 1.82) is 0 Å². The molecule has 0 aliphatic heterocycles. The molecule has 96 valence electrons. The summed E-state index contributed by atoms with van der Waals surface area (Å²) in [4.78, 5) is 0. The molecule has 0 spiro atoms. The summed E-state index contributed by atoms with van der Waals surface area (Å²) in [7, 11) is 0. The number of nitrogens with two attached hydrogens (primary N) is 1. The zero-order valence-electron chi connectivity index (χ0n) is 10.1. The van der Waals surface area contributed by atoms with Crippen molar-refractivity contribution in [2.75, 3.05) is 6.54 Å². The Balaban J connectivity index is 2.21. The molecular formula is C12H19F2N3. The Morgan fingerprint density at radius 2 is 2.00 bits per heavy atom. The van der Waals surface area contributed by atoms with Gasteiger partial charge in [-0.15, -0.1) is 0 Å². The molecule has 2 N–H and O–H groups in total. The standard InChI is InChI=1S/C12H19F2N3/c1-2-17-8-10(7-16-17)11(9-15)3-5-12(13,14)6-4-11/h7-8H,2-6,9,15H2,1H3. The second kappa shape index (κ2) is 4.37. The van der Waals surface area contributed by atoms with Gasteiger partial charge in [0.05, 0.1) is 6.20 Å². The Kier molecular flexibility index (Phi) is 3.21. The van der Waals surface area contributed by atoms with Crippen molar-refractivity contribution in [2.45, 2.75) is 50.5 Å². The van der Waals surface area contributed by atoms with Gasteiger partial charge in [-0.1, -0.05) is 0 Å². The van der Waals surface area contributed by atoms with E-state index >= 15 is 0 Å². The molecule has 1 aliphatic carbocycles. The third-order valence-electron chi connectivity index (χ3n) is 3.90. The fraction of sp³-hybridized carbons (Fsp3) is 0.750. The number of alkyl halides is 2. The van der Waals surface area contributed by atoms with E-state index in [1.165, 1.54) is 0 Å². The van der Waals surface area contributed by atoms with E-state index in [9.17, 15) is 8.78 Å². The molecule has 1 aromatic rings. The second-order valence-electron chi connectivity index (χ2n) is 4.93. The first-order valence-electron chi connectivity index (χ1n) is 6.12. The largest absolute Gasteiger partial charge is 0.330 e. The first-order chi connectivity index (χ1) is 8.01. The summed E-state index contributed by atoms with van der Waals surface area (Å²) in [6.07, 6.45) is 4.48. The smallest absolute Gasteiger partial charge is 0.248 e. The molecule has 1 fully saturated rings. The highest BCUT2D eigenvalue weighted by Gasteiger charge is 2.44. The van der Waals surface area contributed by atoms with Crippen LogP contribution < -0.4 is 5.73 Å². The molecule has 0 saturated heterocycles. The molecule has 0 radical (unpaired) electrons. The Hall–Kier alpha value is -0.970. The van der Waals surface area contributed by atoms with Gasteiger partial charge in [-0.3, -0.25) is 4.68 Å². The van der Waals surface area contributed by atoms with Crippen LogP contribution >= 0.6 is 0 Å². The van der Waals surface area contributed by atoms with Crippen LogP contribution in [0.25, 0.3) is 0 Å². The normalized spacial score (nSPS) is 22.6. The Morgan fingerprint density at radius 1 is 1.35 bits per heavy atom. The summed E-state index contributed by atoms with van der Waals surface area (Å²) in [5.41, 5.74) is 6.54. The van der Waals surface area contributed by atoms with Crippen LogP contribution in [-0.4, -0.2) is 22.2 Å². The second-order valence-corrected chi connectivity index (χ2v) is 4.93. The van der Waals surface area contributed by atoms with Gasteiger partial charge >= 0.3 is 0 Å². The summed E-state index contributed by atoms with van der Waals surface area (Å²) < 4.78 is 28.2. The van der Waals surface area contributed by atoms with E-state index in [2.05, 4.69) is 5.10 Å². The summed E-state index contributed by atoms with van der Waals surface area (Å²) >= 11 is 0. The quantitative estimate of drug-likeness (QED) is 0.885. The minimum atomic E-state index is -2.51. The van der Waals surface area contributed by atoms with Gasteiger partial charge in [0, 0.05) is 37.5 Å². The third kappa shape index (κ3) is 2.34. The van der Waals surface area contributed by atoms with Crippen LogP contribution in [-0.2, 0) is 12.0 Å². The van der Waals surface area contributed by atoms with Crippen LogP contribution in [0.1, 0.15) is 38.2 Å². The summed E-state index contributed by atoms with van der Waals surface area (Å²) in [6.45, 7) is 3.20. The topological polar surface area (TPSA) is 43.8 Å². The number of hydrogen-bond acceptors (Lipinski definition) is 2. The molecule has 1 aliphatic rings. The molecule has 0 amide bonds. The molecule has 17 heavy (non-hydrogen) atoms. The van der Waals surface area contributed by atoms with Crippen molar-refractivity contribution in [3.63, 3.8) is 0 Å². The predicted octanol–water partition coefficient (Wildman–Crippen LogP) is 2.31. The molecule has 1 heterocycles. The molecule has 3 nitrogen and oxygen atoms in total. The van der Waals surface area contributed by atoms with E-state index < -0.39 is 5.92 Å². The van der Waals surface area contributed by atoms with Crippen LogP contribution in [0.15, 0.2) is 12.4 Å². The molecule has 0 atom stereocenters. The van der Waals surface area contributed by atoms with Crippen molar-refractivity contribution in [1.82, 2.24) is 9.78 Å². The number of hydrogen-bond donors (Lipinski definition) is 1. The number of halogens is 2. The highest BCUT2D eigenvalue weighted by Crippen LogP contribution is 2.44. The zero-order chi connectivity index (χ0) is 12.5. The van der Waals surface area contributed by atoms with Crippen LogP contribution in [0.2, 0.25) is 0 Å². The minimum absolute atomic E-state index is 0.0680. The lowest BCUT2D eigenvalue weighted by Gasteiger charge is -2.38. The van der Waals surface area contributed by atoms with Gasteiger partial charge in [-0.2, -0.15) is 5.10 Å². The molecule has 5 heteroatoms. The number of aryl methyl sites for hydroxylation is 1. The Morgan fingerprint density at radius 3 is 2.47 bits per heavy atom. The van der Waals surface area contributed by atoms with E-state index in [-0.39, 0.29) is 18.3 Å². The predicted molar refractivity (Wildman–Crippen MR) is 62.0 cm³/mol. The first-order valence-corrected chi connectivity index (χ1v) is 6.12. The number of nitrogens with zero attached hydrogens (tertiary/aromatic N) is 2. The molecule has 1 aromatic heterocycles. The molecule has 1 saturated carbocycles. The number of rotatable bonds is 3.